The average Bonchev–Trinajstić information content (AvgIpc) is 2.78. The Labute approximate surface area is 156 Å². The first kappa shape index (κ1) is 16.7. The van der Waals surface area contributed by atoms with Gasteiger partial charge in [-0.25, -0.2) is 8.42 Å². The molecule has 4 aliphatic rings. The van der Waals surface area contributed by atoms with Gasteiger partial charge in [-0.3, -0.25) is 9.59 Å². The van der Waals surface area contributed by atoms with Gasteiger partial charge in [-0.2, -0.15) is 0 Å². The molecule has 6 rings (SSSR count). The Bertz CT molecular complexity index is 1160. The largest absolute Gasteiger partial charge is 0.344 e. The zero-order valence-electron chi connectivity index (χ0n) is 14.9. The lowest BCUT2D eigenvalue weighted by molar-refractivity contribution is -0.0273. The lowest BCUT2D eigenvalue weighted by Gasteiger charge is -2.62. The third kappa shape index (κ3) is 2.41. The maximum atomic E-state index is 12.5. The maximum Gasteiger partial charge on any atom is 0.261 e. The minimum atomic E-state index is -3.34. The van der Waals surface area contributed by atoms with Gasteiger partial charge in [0.1, 0.15) is 5.56 Å². The van der Waals surface area contributed by atoms with Crippen LogP contribution in [0, 0.1) is 5.92 Å². The third-order valence-corrected chi connectivity index (χ3v) is 8.40. The summed E-state index contributed by atoms with van der Waals surface area (Å²) in [6.45, 7) is 1.54. The number of pyridine rings is 1. The molecule has 1 aliphatic heterocycles. The molecule has 2 N–H and O–H groups in total. The van der Waals surface area contributed by atoms with Crippen molar-refractivity contribution in [3.63, 3.8) is 0 Å². The van der Waals surface area contributed by atoms with Crippen LogP contribution in [0.1, 0.15) is 42.1 Å². The minimum absolute atomic E-state index is 0.00864. The van der Waals surface area contributed by atoms with Gasteiger partial charge in [-0.15, -0.1) is 0 Å². The van der Waals surface area contributed by atoms with Crippen molar-refractivity contribution in [2.75, 3.05) is 0 Å². The third-order valence-electron chi connectivity index (χ3n) is 6.54. The zero-order valence-corrected chi connectivity index (χ0v) is 15.7. The fourth-order valence-electron chi connectivity index (χ4n) is 4.61. The number of carbonyl (C=O) groups is 1. The molecule has 0 radical (unpaired) electrons. The van der Waals surface area contributed by atoms with Crippen molar-refractivity contribution in [1.29, 1.82) is 0 Å². The van der Waals surface area contributed by atoms with E-state index in [4.69, 9.17) is 0 Å². The molecule has 1 amide bonds. The van der Waals surface area contributed by atoms with Crippen LogP contribution >= 0.6 is 0 Å². The summed E-state index contributed by atoms with van der Waals surface area (Å²) < 4.78 is 23.5. The smallest absolute Gasteiger partial charge is 0.261 e. The minimum Gasteiger partial charge on any atom is -0.344 e. The molecule has 3 fully saturated rings. The van der Waals surface area contributed by atoms with Gasteiger partial charge in [0.2, 0.25) is 0 Å². The fraction of sp³-hybridized carbons (Fsp3) is 0.400. The number of amides is 1. The summed E-state index contributed by atoms with van der Waals surface area (Å²) in [6, 6.07) is 7.01. The number of benzene rings is 1. The molecule has 3 aliphatic carbocycles. The van der Waals surface area contributed by atoms with Crippen LogP contribution in [-0.2, 0) is 15.3 Å². The van der Waals surface area contributed by atoms with Crippen molar-refractivity contribution < 1.29 is 13.2 Å². The number of aromatic nitrogens is 1. The van der Waals surface area contributed by atoms with Gasteiger partial charge in [0.05, 0.1) is 11.3 Å². The molecule has 2 atom stereocenters. The SMILES string of the molecule is C[C@H]1[C@H](NC(=O)c2cc3ccc(C45CC(C4)C5)cc3[nH]c2=O)C=CS1(=O)=O. The maximum absolute atomic E-state index is 12.5. The van der Waals surface area contributed by atoms with E-state index >= 15 is 0 Å². The number of nitrogens with one attached hydrogen (secondary N) is 2. The number of aromatic amines is 1. The Morgan fingerprint density at radius 2 is 1.96 bits per heavy atom. The van der Waals surface area contributed by atoms with Gasteiger partial charge < -0.3 is 10.3 Å². The normalized spacial score (nSPS) is 32.7. The average molecular weight is 384 g/mol. The molecule has 3 saturated carbocycles. The predicted molar refractivity (Wildman–Crippen MR) is 102 cm³/mol. The summed E-state index contributed by atoms with van der Waals surface area (Å²) >= 11 is 0. The van der Waals surface area contributed by atoms with E-state index in [-0.39, 0.29) is 5.56 Å². The first-order valence-electron chi connectivity index (χ1n) is 9.18. The highest BCUT2D eigenvalue weighted by Gasteiger charge is 2.57. The Balaban J connectivity index is 1.44. The van der Waals surface area contributed by atoms with Gasteiger partial charge in [0, 0.05) is 10.9 Å². The molecule has 2 heterocycles. The molecule has 2 bridgehead atoms. The Morgan fingerprint density at radius 3 is 2.56 bits per heavy atom. The van der Waals surface area contributed by atoms with E-state index in [2.05, 4.69) is 16.4 Å². The van der Waals surface area contributed by atoms with Crippen molar-refractivity contribution in [3.05, 3.63) is 57.2 Å². The second-order valence-electron chi connectivity index (χ2n) is 8.19. The summed E-state index contributed by atoms with van der Waals surface area (Å²) in [5.74, 6) is 0.307. The monoisotopic (exact) mass is 384 g/mol. The summed E-state index contributed by atoms with van der Waals surface area (Å²) in [6.07, 6.45) is 5.15. The van der Waals surface area contributed by atoms with Crippen LogP contribution in [-0.4, -0.2) is 30.6 Å². The van der Waals surface area contributed by atoms with Gasteiger partial charge in [0.25, 0.3) is 11.5 Å². The molecular weight excluding hydrogens is 364 g/mol. The van der Waals surface area contributed by atoms with E-state index in [0.717, 1.165) is 22.2 Å². The lowest BCUT2D eigenvalue weighted by atomic mass is 9.42. The van der Waals surface area contributed by atoms with E-state index in [0.29, 0.717) is 5.41 Å². The molecular formula is C20H20N2O4S. The number of rotatable bonds is 3. The van der Waals surface area contributed by atoms with E-state index in [9.17, 15) is 18.0 Å². The summed E-state index contributed by atoms with van der Waals surface area (Å²) in [7, 11) is -3.34. The molecule has 27 heavy (non-hydrogen) atoms. The molecule has 0 unspecified atom stereocenters. The van der Waals surface area contributed by atoms with Crippen LogP contribution in [0.25, 0.3) is 10.9 Å². The molecule has 140 valence electrons. The first-order valence-corrected chi connectivity index (χ1v) is 10.8. The molecule has 0 saturated heterocycles. The Kier molecular flexibility index (Phi) is 3.30. The van der Waals surface area contributed by atoms with Crippen LogP contribution in [0.3, 0.4) is 0 Å². The number of sulfone groups is 1. The Morgan fingerprint density at radius 1 is 1.22 bits per heavy atom. The fourth-order valence-corrected chi connectivity index (χ4v) is 5.81. The second-order valence-corrected chi connectivity index (χ2v) is 10.4. The molecule has 0 spiro atoms. The second kappa shape index (κ2) is 5.32. The van der Waals surface area contributed by atoms with Crippen molar-refractivity contribution >= 4 is 26.6 Å². The number of fused-ring (bicyclic) bond motifs is 1. The van der Waals surface area contributed by atoms with E-state index in [1.807, 2.05) is 12.1 Å². The van der Waals surface area contributed by atoms with Gasteiger partial charge in [0.15, 0.2) is 9.84 Å². The molecule has 7 heteroatoms. The molecule has 1 aromatic carbocycles. The van der Waals surface area contributed by atoms with Crippen molar-refractivity contribution in [2.45, 2.75) is 42.9 Å². The van der Waals surface area contributed by atoms with Crippen molar-refractivity contribution in [2.24, 2.45) is 5.92 Å². The topological polar surface area (TPSA) is 96.1 Å². The highest BCUT2D eigenvalue weighted by atomic mass is 32.2. The summed E-state index contributed by atoms with van der Waals surface area (Å²) in [4.78, 5) is 27.8. The lowest BCUT2D eigenvalue weighted by Crippen LogP contribution is -2.55. The van der Waals surface area contributed by atoms with Crippen LogP contribution < -0.4 is 10.9 Å². The van der Waals surface area contributed by atoms with E-state index < -0.39 is 32.6 Å². The van der Waals surface area contributed by atoms with Crippen molar-refractivity contribution in [3.8, 4) is 0 Å². The van der Waals surface area contributed by atoms with Crippen LogP contribution in [0.15, 0.2) is 40.5 Å². The number of carbonyl (C=O) groups excluding carboxylic acids is 1. The Hall–Kier alpha value is -2.41. The number of hydrogen-bond acceptors (Lipinski definition) is 4. The summed E-state index contributed by atoms with van der Waals surface area (Å²) in [5, 5.41) is 3.80. The first-order chi connectivity index (χ1) is 12.8. The highest BCUT2D eigenvalue weighted by molar-refractivity contribution is 7.95. The zero-order chi connectivity index (χ0) is 19.0. The van der Waals surface area contributed by atoms with E-state index in [1.165, 1.54) is 37.8 Å². The van der Waals surface area contributed by atoms with E-state index in [1.54, 1.807) is 6.07 Å². The van der Waals surface area contributed by atoms with Gasteiger partial charge in [-0.1, -0.05) is 12.1 Å². The number of H-pyrrole nitrogens is 1. The highest BCUT2D eigenvalue weighted by Crippen LogP contribution is 2.65. The quantitative estimate of drug-likeness (QED) is 0.846. The predicted octanol–water partition coefficient (Wildman–Crippen LogP) is 2.01. The van der Waals surface area contributed by atoms with Crippen LogP contribution in [0.2, 0.25) is 0 Å². The van der Waals surface area contributed by atoms with Gasteiger partial charge in [-0.05, 0) is 66.7 Å². The number of hydrogen-bond donors (Lipinski definition) is 2. The molecule has 2 aromatic rings. The van der Waals surface area contributed by atoms with Gasteiger partial charge >= 0.3 is 0 Å². The molecule has 1 aromatic heterocycles. The summed E-state index contributed by atoms with van der Waals surface area (Å²) in [5.41, 5.74) is 1.83. The van der Waals surface area contributed by atoms with Crippen molar-refractivity contribution in [1.82, 2.24) is 10.3 Å². The standard InChI is InChI=1S/C20H20N2O4S/c1-11-16(4-5-27(11,25)26)21-18(23)15-6-13-2-3-14(7-17(13)22-19(15)24)20-8-12(9-20)10-20/h2-7,11-12,16H,8-10H2,1H3,(H,21,23)(H,22,24)/t11-,12?,16+,20?/m0/s1. The van der Waals surface area contributed by atoms with Crippen LogP contribution in [0.4, 0.5) is 0 Å². The van der Waals surface area contributed by atoms with Crippen LogP contribution in [0.5, 0.6) is 0 Å². The molecule has 6 nitrogen and oxygen atoms in total.